The summed E-state index contributed by atoms with van der Waals surface area (Å²) < 4.78 is 0. The summed E-state index contributed by atoms with van der Waals surface area (Å²) in [7, 11) is 0. The number of hydrogen-bond donors (Lipinski definition) is 0. The third-order valence-corrected chi connectivity index (χ3v) is 9.92. The van der Waals surface area contributed by atoms with Crippen molar-refractivity contribution < 1.29 is 9.72 Å². The first-order valence-corrected chi connectivity index (χ1v) is 11.8. The zero-order chi connectivity index (χ0) is 19.2. The predicted molar refractivity (Wildman–Crippen MR) is 113 cm³/mol. The smallest absolute Gasteiger partial charge is 0.249 e. The van der Waals surface area contributed by atoms with Crippen LogP contribution in [0.5, 0.6) is 0 Å². The van der Waals surface area contributed by atoms with E-state index in [4.69, 9.17) is 0 Å². The maximum atomic E-state index is 13.4. The van der Waals surface area contributed by atoms with Crippen LogP contribution >= 0.6 is 31.9 Å². The SMILES string of the molecule is [O-]/[N+]([C@H]1[C@@H](Br)[C@H]2C[C@@H]1c1ccccc12)=[N+](/[O-])[C@H]1[C@@H](Br)[C@H]2C[C@@H]1c1ccccc12. The molecule has 0 saturated heterocycles. The number of halogens is 2. The lowest BCUT2D eigenvalue weighted by molar-refractivity contribution is -0.996. The van der Waals surface area contributed by atoms with Gasteiger partial charge in [0.05, 0.1) is 21.5 Å². The van der Waals surface area contributed by atoms with Crippen molar-refractivity contribution in [3.63, 3.8) is 0 Å². The monoisotopic (exact) mass is 502 g/mol. The standard InChI is InChI=1S/C22H20Br2N2O2/c23-19-15-9-17(13-7-3-1-5-11(13)15)21(19)25(27)26(28)22-18-10-16(20(22)24)12-6-2-4-8-14(12)18/h1-8,15-22H,9-10H2/b26-25+/t15-,16-,17+,18+,19-,20-,21+,22+/m0/s1. The Morgan fingerprint density at radius 3 is 1.29 bits per heavy atom. The molecule has 6 heteroatoms. The van der Waals surface area contributed by atoms with E-state index < -0.39 is 0 Å². The van der Waals surface area contributed by atoms with Crippen molar-refractivity contribution in [1.29, 1.82) is 0 Å². The van der Waals surface area contributed by atoms with Gasteiger partial charge in [0.2, 0.25) is 12.1 Å². The number of fused-ring (bicyclic) bond motifs is 10. The zero-order valence-electron chi connectivity index (χ0n) is 15.1. The van der Waals surface area contributed by atoms with Crippen molar-refractivity contribution in [3.8, 4) is 0 Å². The highest BCUT2D eigenvalue weighted by Gasteiger charge is 2.60. The quantitative estimate of drug-likeness (QED) is 0.242. The summed E-state index contributed by atoms with van der Waals surface area (Å²) in [6, 6.07) is 16.1. The van der Waals surface area contributed by atoms with E-state index in [0.717, 1.165) is 22.6 Å². The molecule has 0 aromatic heterocycles. The lowest BCUT2D eigenvalue weighted by Crippen LogP contribution is -2.45. The second kappa shape index (κ2) is 6.05. The number of alkyl halides is 2. The molecule has 0 spiro atoms. The molecule has 4 nitrogen and oxygen atoms in total. The van der Waals surface area contributed by atoms with E-state index in [0.29, 0.717) is 11.8 Å². The molecule has 0 aliphatic heterocycles. The van der Waals surface area contributed by atoms with E-state index in [2.05, 4.69) is 68.3 Å². The molecule has 0 unspecified atom stereocenters. The number of benzene rings is 2. The molecule has 28 heavy (non-hydrogen) atoms. The van der Waals surface area contributed by atoms with Crippen LogP contribution in [0.25, 0.3) is 0 Å². The van der Waals surface area contributed by atoms with Crippen molar-refractivity contribution in [2.75, 3.05) is 0 Å². The molecule has 2 fully saturated rings. The van der Waals surface area contributed by atoms with Crippen LogP contribution in [-0.2, 0) is 0 Å². The number of nitrogens with zero attached hydrogens (tertiary/aromatic N) is 2. The van der Waals surface area contributed by atoms with Crippen LogP contribution < -0.4 is 0 Å². The van der Waals surface area contributed by atoms with E-state index in [1.54, 1.807) is 0 Å². The molecule has 6 rings (SSSR count). The van der Waals surface area contributed by atoms with Gasteiger partial charge in [-0.15, -0.1) is 0 Å². The fourth-order valence-corrected chi connectivity index (χ4v) is 8.55. The highest BCUT2D eigenvalue weighted by Crippen LogP contribution is 2.58. The first-order chi connectivity index (χ1) is 13.6. The summed E-state index contributed by atoms with van der Waals surface area (Å²) in [4.78, 5) is 1.56. The first kappa shape index (κ1) is 17.5. The van der Waals surface area contributed by atoms with Gasteiger partial charge in [-0.1, -0.05) is 80.4 Å². The molecule has 4 bridgehead atoms. The van der Waals surface area contributed by atoms with Gasteiger partial charge in [-0.05, 0) is 35.1 Å². The lowest BCUT2D eigenvalue weighted by Gasteiger charge is -2.28. The number of azo groups is 1. The third-order valence-electron chi connectivity index (χ3n) is 7.56. The van der Waals surface area contributed by atoms with E-state index in [1.807, 2.05) is 12.1 Å². The van der Waals surface area contributed by atoms with Crippen molar-refractivity contribution >= 4 is 31.9 Å². The predicted octanol–water partition coefficient (Wildman–Crippen LogP) is 5.29. The van der Waals surface area contributed by atoms with E-state index in [9.17, 15) is 10.4 Å². The molecule has 0 N–H and O–H groups in total. The lowest BCUT2D eigenvalue weighted by atomic mass is 9.88. The van der Waals surface area contributed by atoms with Gasteiger partial charge in [-0.25, -0.2) is 0 Å². The molecule has 4 aliphatic carbocycles. The average Bonchev–Trinajstić information content (AvgIpc) is 3.45. The molecule has 2 aromatic rings. The van der Waals surface area contributed by atoms with E-state index in [1.165, 1.54) is 22.3 Å². The Kier molecular flexibility index (Phi) is 3.77. The fraction of sp³-hybridized carbons (Fsp3) is 0.455. The zero-order valence-corrected chi connectivity index (χ0v) is 18.3. The summed E-state index contributed by atoms with van der Waals surface area (Å²) in [5.74, 6) is 0.881. The van der Waals surface area contributed by atoms with Crippen molar-refractivity contribution in [2.24, 2.45) is 0 Å². The minimum atomic E-state index is -0.341. The van der Waals surface area contributed by atoms with Crippen LogP contribution in [0.4, 0.5) is 0 Å². The molecule has 0 heterocycles. The minimum Gasteiger partial charge on any atom is -0.567 e. The maximum Gasteiger partial charge on any atom is 0.249 e. The van der Waals surface area contributed by atoms with Gasteiger partial charge >= 0.3 is 0 Å². The number of rotatable bonds is 2. The molecule has 2 saturated carbocycles. The van der Waals surface area contributed by atoms with Gasteiger partial charge in [0.1, 0.15) is 0 Å². The minimum absolute atomic E-state index is 0.0148. The van der Waals surface area contributed by atoms with Crippen LogP contribution in [0.15, 0.2) is 48.5 Å². The molecular weight excluding hydrogens is 484 g/mol. The average molecular weight is 504 g/mol. The van der Waals surface area contributed by atoms with Gasteiger partial charge in [0, 0.05) is 21.6 Å². The van der Waals surface area contributed by atoms with Gasteiger partial charge < -0.3 is 10.4 Å². The molecule has 4 aliphatic rings. The Labute approximate surface area is 180 Å². The van der Waals surface area contributed by atoms with E-state index >= 15 is 0 Å². The van der Waals surface area contributed by atoms with Crippen molar-refractivity contribution in [1.82, 2.24) is 0 Å². The second-order valence-electron chi connectivity index (χ2n) is 8.63. The van der Waals surface area contributed by atoms with Crippen molar-refractivity contribution in [2.45, 2.75) is 58.3 Å². The normalized spacial score (nSPS) is 40.4. The fourth-order valence-electron chi connectivity index (χ4n) is 6.41. The topological polar surface area (TPSA) is 52.1 Å². The molecule has 2 aromatic carbocycles. The summed E-state index contributed by atoms with van der Waals surface area (Å²) in [6.45, 7) is 0. The van der Waals surface area contributed by atoms with Crippen LogP contribution in [0, 0.1) is 10.4 Å². The highest BCUT2D eigenvalue weighted by atomic mass is 79.9. The molecule has 0 radical (unpaired) electrons. The summed E-state index contributed by atoms with van der Waals surface area (Å²) >= 11 is 7.54. The van der Waals surface area contributed by atoms with Crippen LogP contribution in [0.2, 0.25) is 0 Å². The van der Waals surface area contributed by atoms with E-state index in [-0.39, 0.29) is 33.6 Å². The Bertz CT molecular complexity index is 930. The van der Waals surface area contributed by atoms with Gasteiger partial charge in [0.15, 0.2) is 0 Å². The largest absolute Gasteiger partial charge is 0.567 e. The molecule has 144 valence electrons. The van der Waals surface area contributed by atoms with Crippen molar-refractivity contribution in [3.05, 3.63) is 81.2 Å². The molecule has 0 amide bonds. The Morgan fingerprint density at radius 2 is 0.929 bits per heavy atom. The van der Waals surface area contributed by atoms with Gasteiger partial charge in [0.25, 0.3) is 0 Å². The van der Waals surface area contributed by atoms with Gasteiger partial charge in [-0.3, -0.25) is 0 Å². The third kappa shape index (κ3) is 2.11. The summed E-state index contributed by atoms with van der Waals surface area (Å²) in [5.41, 5.74) is 5.17. The maximum absolute atomic E-state index is 13.4. The van der Waals surface area contributed by atoms with Crippen LogP contribution in [0.3, 0.4) is 0 Å². The first-order valence-electron chi connectivity index (χ1n) is 9.96. The van der Waals surface area contributed by atoms with Crippen LogP contribution in [-0.4, -0.2) is 31.5 Å². The number of hydroxylamine groups is 2. The Hall–Kier alpha value is -1.40. The second-order valence-corrected chi connectivity index (χ2v) is 10.7. The molecular formula is C22H20Br2N2O2. The Balaban J connectivity index is 1.39. The molecule has 8 atom stereocenters. The number of hydrogen-bond acceptors (Lipinski definition) is 2. The van der Waals surface area contributed by atoms with Gasteiger partial charge in [-0.2, -0.15) is 0 Å². The highest BCUT2D eigenvalue weighted by molar-refractivity contribution is 9.09. The Morgan fingerprint density at radius 1 is 0.607 bits per heavy atom. The summed E-state index contributed by atoms with van der Waals surface area (Å²) in [5, 5.41) is 26.7. The van der Waals surface area contributed by atoms with Crippen LogP contribution in [0.1, 0.15) is 58.8 Å². The summed E-state index contributed by atoms with van der Waals surface area (Å²) in [6.07, 6.45) is 1.90.